The van der Waals surface area contributed by atoms with Gasteiger partial charge in [-0.25, -0.2) is 8.78 Å². The van der Waals surface area contributed by atoms with Crippen molar-refractivity contribution in [3.05, 3.63) is 35.4 Å². The molecule has 1 aromatic rings. The molecule has 1 fully saturated rings. The molecule has 2 rings (SSSR count). The topological polar surface area (TPSA) is 55.5 Å². The summed E-state index contributed by atoms with van der Waals surface area (Å²) in [6.45, 7) is 0.419. The molecule has 1 unspecified atom stereocenters. The molecule has 1 aliphatic heterocycles. The predicted molar refractivity (Wildman–Crippen MR) is 53.9 cm³/mol. The molecule has 3 nitrogen and oxygen atoms in total. The first-order chi connectivity index (χ1) is 7.60. The molecule has 1 aliphatic rings. The molecule has 1 aromatic carbocycles. The van der Waals surface area contributed by atoms with Crippen LogP contribution in [0.4, 0.5) is 8.78 Å². The Morgan fingerprint density at radius 3 is 2.50 bits per heavy atom. The second-order valence-corrected chi connectivity index (χ2v) is 4.07. The highest BCUT2D eigenvalue weighted by atomic mass is 19.2. The molecule has 0 saturated carbocycles. The Labute approximate surface area is 91.8 Å². The Balaban J connectivity index is 2.37. The molecule has 3 N–H and O–H groups in total. The summed E-state index contributed by atoms with van der Waals surface area (Å²) >= 11 is 0. The van der Waals surface area contributed by atoms with Crippen LogP contribution in [0.25, 0.3) is 0 Å². The maximum absolute atomic E-state index is 13.1. The van der Waals surface area contributed by atoms with Gasteiger partial charge in [-0.05, 0) is 17.7 Å². The summed E-state index contributed by atoms with van der Waals surface area (Å²) in [5.74, 6) is -1.80. The molecule has 0 amide bonds. The number of aliphatic hydroxyl groups is 1. The Morgan fingerprint density at radius 2 is 2.06 bits per heavy atom. The molecule has 1 heterocycles. The number of rotatable bonds is 3. The molecule has 16 heavy (non-hydrogen) atoms. The minimum atomic E-state index is -0.908. The second-order valence-electron chi connectivity index (χ2n) is 4.07. The lowest BCUT2D eigenvalue weighted by Crippen LogP contribution is -2.60. The fourth-order valence-electron chi connectivity index (χ4n) is 1.90. The van der Waals surface area contributed by atoms with Crippen LogP contribution in [0.1, 0.15) is 5.56 Å². The zero-order valence-electron chi connectivity index (χ0n) is 8.62. The highest BCUT2D eigenvalue weighted by Gasteiger charge is 2.45. The van der Waals surface area contributed by atoms with Crippen LogP contribution in [-0.4, -0.2) is 31.0 Å². The van der Waals surface area contributed by atoms with Crippen LogP contribution in [0.15, 0.2) is 18.2 Å². The van der Waals surface area contributed by atoms with Crippen LogP contribution in [0, 0.1) is 11.6 Å². The summed E-state index contributed by atoms with van der Waals surface area (Å²) in [6, 6.07) is 3.13. The van der Waals surface area contributed by atoms with Crippen LogP contribution >= 0.6 is 0 Å². The van der Waals surface area contributed by atoms with Gasteiger partial charge in [-0.15, -0.1) is 0 Å². The molecule has 0 aromatic heterocycles. The van der Waals surface area contributed by atoms with Gasteiger partial charge in [-0.3, -0.25) is 0 Å². The number of ether oxygens (including phenoxy) is 1. The summed E-state index contributed by atoms with van der Waals surface area (Å²) in [7, 11) is 0. The quantitative estimate of drug-likeness (QED) is 0.796. The van der Waals surface area contributed by atoms with Gasteiger partial charge in [0.1, 0.15) is 0 Å². The first kappa shape index (κ1) is 11.4. The van der Waals surface area contributed by atoms with Gasteiger partial charge in [-0.2, -0.15) is 0 Å². The summed E-state index contributed by atoms with van der Waals surface area (Å²) in [6.07, 6.45) is 0. The molecule has 0 bridgehead atoms. The van der Waals surface area contributed by atoms with Gasteiger partial charge in [0.2, 0.25) is 0 Å². The fraction of sp³-hybridized carbons (Fsp3) is 0.455. The molecule has 5 heteroatoms. The van der Waals surface area contributed by atoms with Gasteiger partial charge in [0, 0.05) is 6.04 Å². The molecule has 0 radical (unpaired) electrons. The Hall–Kier alpha value is -1.04. The van der Waals surface area contributed by atoms with Gasteiger partial charge in [0.25, 0.3) is 0 Å². The van der Waals surface area contributed by atoms with E-state index in [1.54, 1.807) is 0 Å². The zero-order chi connectivity index (χ0) is 11.8. The van der Waals surface area contributed by atoms with E-state index >= 15 is 0 Å². The van der Waals surface area contributed by atoms with Crippen molar-refractivity contribution >= 4 is 0 Å². The third-order valence-electron chi connectivity index (χ3n) is 3.12. The molecular formula is C11H13F2NO2. The van der Waals surface area contributed by atoms with Gasteiger partial charge in [0.15, 0.2) is 11.6 Å². The maximum Gasteiger partial charge on any atom is 0.159 e. The van der Waals surface area contributed by atoms with Gasteiger partial charge < -0.3 is 15.6 Å². The zero-order valence-corrected chi connectivity index (χ0v) is 8.62. The van der Waals surface area contributed by atoms with Crippen LogP contribution in [0.3, 0.4) is 0 Å². The Kier molecular flexibility index (Phi) is 2.92. The average molecular weight is 229 g/mol. The molecule has 1 saturated heterocycles. The van der Waals surface area contributed by atoms with Crippen molar-refractivity contribution in [1.29, 1.82) is 0 Å². The molecule has 88 valence electrons. The number of halogens is 2. The maximum atomic E-state index is 13.1. The average Bonchev–Trinajstić information content (AvgIpc) is 2.21. The standard InChI is InChI=1S/C11H13F2NO2/c12-8-2-1-7(3-9(8)13)11(5-16-6-11)10(14)4-15/h1-3,10,15H,4-6,14H2. The first-order valence-corrected chi connectivity index (χ1v) is 5.00. The summed E-state index contributed by atoms with van der Waals surface area (Å²) in [5, 5.41) is 9.07. The minimum Gasteiger partial charge on any atom is -0.395 e. The van der Waals surface area contributed by atoms with Gasteiger partial charge in [-0.1, -0.05) is 6.07 Å². The molecule has 0 aliphatic carbocycles. The molecule has 1 atom stereocenters. The van der Waals surface area contributed by atoms with Crippen LogP contribution in [0.2, 0.25) is 0 Å². The first-order valence-electron chi connectivity index (χ1n) is 5.00. The summed E-state index contributed by atoms with van der Waals surface area (Å²) < 4.78 is 31.0. The van der Waals surface area contributed by atoms with E-state index in [4.69, 9.17) is 15.6 Å². The van der Waals surface area contributed by atoms with Crippen molar-refractivity contribution in [1.82, 2.24) is 0 Å². The third kappa shape index (κ3) is 1.61. The summed E-state index contributed by atoms with van der Waals surface area (Å²) in [5.41, 5.74) is 5.76. The van der Waals surface area contributed by atoms with E-state index in [-0.39, 0.29) is 6.61 Å². The molecule has 0 spiro atoms. The monoisotopic (exact) mass is 229 g/mol. The van der Waals surface area contributed by atoms with Crippen LogP contribution in [-0.2, 0) is 10.2 Å². The normalized spacial score (nSPS) is 20.2. The Bertz CT molecular complexity index is 394. The SMILES string of the molecule is NC(CO)C1(c2ccc(F)c(F)c2)COC1. The largest absolute Gasteiger partial charge is 0.395 e. The highest BCUT2D eigenvalue weighted by molar-refractivity contribution is 5.31. The number of hydrogen-bond donors (Lipinski definition) is 2. The van der Waals surface area contributed by atoms with E-state index in [0.29, 0.717) is 18.8 Å². The number of hydrogen-bond acceptors (Lipinski definition) is 3. The lowest BCUT2D eigenvalue weighted by molar-refractivity contribution is -0.0799. The van der Waals surface area contributed by atoms with E-state index in [2.05, 4.69) is 0 Å². The van der Waals surface area contributed by atoms with Crippen molar-refractivity contribution in [3.8, 4) is 0 Å². The van der Waals surface area contributed by atoms with E-state index in [0.717, 1.165) is 12.1 Å². The van der Waals surface area contributed by atoms with Crippen molar-refractivity contribution in [2.75, 3.05) is 19.8 Å². The number of nitrogens with two attached hydrogens (primary N) is 1. The lowest BCUT2D eigenvalue weighted by Gasteiger charge is -2.45. The number of aliphatic hydroxyl groups excluding tert-OH is 1. The molecular weight excluding hydrogens is 216 g/mol. The van der Waals surface area contributed by atoms with E-state index in [1.165, 1.54) is 6.07 Å². The fourth-order valence-corrected chi connectivity index (χ4v) is 1.90. The van der Waals surface area contributed by atoms with Crippen LogP contribution in [0.5, 0.6) is 0 Å². The summed E-state index contributed by atoms with van der Waals surface area (Å²) in [4.78, 5) is 0. The van der Waals surface area contributed by atoms with Gasteiger partial charge >= 0.3 is 0 Å². The Morgan fingerprint density at radius 1 is 1.38 bits per heavy atom. The third-order valence-corrected chi connectivity index (χ3v) is 3.12. The van der Waals surface area contributed by atoms with Crippen molar-refractivity contribution in [2.24, 2.45) is 5.73 Å². The second kappa shape index (κ2) is 4.08. The number of benzene rings is 1. The van der Waals surface area contributed by atoms with Gasteiger partial charge in [0.05, 0.1) is 25.2 Å². The van der Waals surface area contributed by atoms with E-state index in [1.807, 2.05) is 0 Å². The minimum absolute atomic E-state index is 0.220. The van der Waals surface area contributed by atoms with Crippen molar-refractivity contribution < 1.29 is 18.6 Å². The van der Waals surface area contributed by atoms with Crippen molar-refractivity contribution in [2.45, 2.75) is 11.5 Å². The smallest absolute Gasteiger partial charge is 0.159 e. The van der Waals surface area contributed by atoms with Crippen LogP contribution < -0.4 is 5.73 Å². The lowest BCUT2D eigenvalue weighted by atomic mass is 9.73. The van der Waals surface area contributed by atoms with E-state index < -0.39 is 23.1 Å². The van der Waals surface area contributed by atoms with Crippen molar-refractivity contribution in [3.63, 3.8) is 0 Å². The van der Waals surface area contributed by atoms with E-state index in [9.17, 15) is 8.78 Å². The predicted octanol–water partition coefficient (Wildman–Crippen LogP) is 0.552. The highest BCUT2D eigenvalue weighted by Crippen LogP contribution is 2.35.